The largest absolute Gasteiger partial charge is 0.330 e. The molecule has 0 heterocycles. The molecule has 4 aliphatic rings. The van der Waals surface area contributed by atoms with Crippen LogP contribution in [0.15, 0.2) is 0 Å². The summed E-state index contributed by atoms with van der Waals surface area (Å²) in [6.45, 7) is 5.74. The van der Waals surface area contributed by atoms with E-state index in [-0.39, 0.29) is 0 Å². The Morgan fingerprint density at radius 1 is 1.19 bits per heavy atom. The highest BCUT2D eigenvalue weighted by Crippen LogP contribution is 2.68. The van der Waals surface area contributed by atoms with Crippen molar-refractivity contribution in [1.29, 1.82) is 0 Å². The van der Waals surface area contributed by atoms with Gasteiger partial charge in [0.25, 0.3) is 0 Å². The van der Waals surface area contributed by atoms with E-state index in [1.807, 2.05) is 0 Å². The molecule has 4 bridgehead atoms. The lowest BCUT2D eigenvalue weighted by molar-refractivity contribution is -0.133. The van der Waals surface area contributed by atoms with Gasteiger partial charge in [-0.15, -0.1) is 0 Å². The minimum atomic E-state index is 0.648. The Kier molecular flexibility index (Phi) is 2.41. The van der Waals surface area contributed by atoms with E-state index in [4.69, 9.17) is 5.73 Å². The van der Waals surface area contributed by atoms with Gasteiger partial charge in [-0.05, 0) is 73.7 Å². The molecule has 4 rings (SSSR count). The predicted molar refractivity (Wildman–Crippen MR) is 68.1 cm³/mol. The number of hydrogen-bond donors (Lipinski definition) is 1. The van der Waals surface area contributed by atoms with Crippen LogP contribution in [0.25, 0.3) is 0 Å². The molecule has 2 N–H and O–H groups in total. The van der Waals surface area contributed by atoms with E-state index in [0.717, 1.165) is 29.7 Å². The second-order valence-electron chi connectivity index (χ2n) is 7.31. The molecule has 0 aromatic carbocycles. The third kappa shape index (κ3) is 1.40. The monoisotopic (exact) mass is 221 g/mol. The standard InChI is InChI=1S/C15H27N/c1-3-14-5-12-4-13(6-14)8-15(7-12,10-14)11(2)9-16/h11-13H,3-10,16H2,1-2H3. The summed E-state index contributed by atoms with van der Waals surface area (Å²) in [6.07, 6.45) is 10.5. The number of nitrogens with two attached hydrogens (primary N) is 1. The molecule has 1 nitrogen and oxygen atoms in total. The summed E-state index contributed by atoms with van der Waals surface area (Å²) in [4.78, 5) is 0. The van der Waals surface area contributed by atoms with Gasteiger partial charge in [-0.25, -0.2) is 0 Å². The zero-order valence-corrected chi connectivity index (χ0v) is 11.0. The van der Waals surface area contributed by atoms with E-state index < -0.39 is 0 Å². The van der Waals surface area contributed by atoms with Gasteiger partial charge < -0.3 is 5.73 Å². The molecule has 92 valence electrons. The maximum absolute atomic E-state index is 5.98. The van der Waals surface area contributed by atoms with Crippen molar-refractivity contribution in [1.82, 2.24) is 0 Å². The molecule has 0 aromatic rings. The van der Waals surface area contributed by atoms with Crippen molar-refractivity contribution in [3.05, 3.63) is 0 Å². The van der Waals surface area contributed by atoms with Crippen molar-refractivity contribution in [2.45, 2.75) is 58.8 Å². The quantitative estimate of drug-likeness (QED) is 0.774. The first-order valence-electron chi connectivity index (χ1n) is 7.31. The molecule has 1 heteroatoms. The molecule has 4 fully saturated rings. The lowest BCUT2D eigenvalue weighted by Crippen LogP contribution is -2.55. The van der Waals surface area contributed by atoms with E-state index in [9.17, 15) is 0 Å². The van der Waals surface area contributed by atoms with Gasteiger partial charge in [-0.3, -0.25) is 0 Å². The molecule has 0 aliphatic heterocycles. The third-order valence-electron chi connectivity index (χ3n) is 6.38. The maximum Gasteiger partial charge on any atom is -0.00462 e. The summed E-state index contributed by atoms with van der Waals surface area (Å²) in [5.41, 5.74) is 7.36. The van der Waals surface area contributed by atoms with E-state index in [2.05, 4.69) is 13.8 Å². The molecule has 0 spiro atoms. The minimum Gasteiger partial charge on any atom is -0.330 e. The topological polar surface area (TPSA) is 26.0 Å². The summed E-state index contributed by atoms with van der Waals surface area (Å²) >= 11 is 0. The van der Waals surface area contributed by atoms with Crippen LogP contribution in [-0.2, 0) is 0 Å². The summed E-state index contributed by atoms with van der Waals surface area (Å²) in [6, 6.07) is 0. The summed E-state index contributed by atoms with van der Waals surface area (Å²) < 4.78 is 0. The lowest BCUT2D eigenvalue weighted by atomic mass is 9.41. The van der Waals surface area contributed by atoms with Crippen molar-refractivity contribution in [3.8, 4) is 0 Å². The lowest BCUT2D eigenvalue weighted by Gasteiger charge is -2.64. The highest BCUT2D eigenvalue weighted by molar-refractivity contribution is 5.08. The van der Waals surface area contributed by atoms with Crippen molar-refractivity contribution in [3.63, 3.8) is 0 Å². The van der Waals surface area contributed by atoms with Crippen LogP contribution < -0.4 is 5.73 Å². The van der Waals surface area contributed by atoms with E-state index >= 15 is 0 Å². The van der Waals surface area contributed by atoms with Gasteiger partial charge in [0.15, 0.2) is 0 Å². The van der Waals surface area contributed by atoms with Crippen LogP contribution in [-0.4, -0.2) is 6.54 Å². The zero-order valence-electron chi connectivity index (χ0n) is 11.0. The summed E-state index contributed by atoms with van der Waals surface area (Å²) in [7, 11) is 0. The SMILES string of the molecule is CCC12CC3CC(C1)CC(C(C)CN)(C3)C2. The fraction of sp³-hybridized carbons (Fsp3) is 1.00. The van der Waals surface area contributed by atoms with Gasteiger partial charge in [-0.1, -0.05) is 20.3 Å². The van der Waals surface area contributed by atoms with Crippen molar-refractivity contribution < 1.29 is 0 Å². The predicted octanol–water partition coefficient (Wildman–Crippen LogP) is 3.58. The maximum atomic E-state index is 5.98. The Labute approximate surface area is 100 Å². The second kappa shape index (κ2) is 3.48. The minimum absolute atomic E-state index is 0.648. The average Bonchev–Trinajstić information content (AvgIpc) is 2.26. The van der Waals surface area contributed by atoms with Gasteiger partial charge in [0.1, 0.15) is 0 Å². The highest BCUT2D eigenvalue weighted by atomic mass is 14.7. The van der Waals surface area contributed by atoms with Gasteiger partial charge in [0.05, 0.1) is 0 Å². The summed E-state index contributed by atoms with van der Waals surface area (Å²) in [5, 5.41) is 0. The van der Waals surface area contributed by atoms with Crippen LogP contribution in [0.2, 0.25) is 0 Å². The van der Waals surface area contributed by atoms with Crippen LogP contribution in [0.4, 0.5) is 0 Å². The van der Waals surface area contributed by atoms with Crippen LogP contribution >= 0.6 is 0 Å². The van der Waals surface area contributed by atoms with Gasteiger partial charge >= 0.3 is 0 Å². The van der Waals surface area contributed by atoms with Gasteiger partial charge in [0.2, 0.25) is 0 Å². The van der Waals surface area contributed by atoms with Crippen molar-refractivity contribution >= 4 is 0 Å². The normalized spacial score (nSPS) is 51.9. The average molecular weight is 221 g/mol. The second-order valence-corrected chi connectivity index (χ2v) is 7.31. The smallest absolute Gasteiger partial charge is 0.00462 e. The van der Waals surface area contributed by atoms with Crippen LogP contribution in [0.5, 0.6) is 0 Å². The molecule has 4 aliphatic carbocycles. The van der Waals surface area contributed by atoms with Crippen LogP contribution in [0.3, 0.4) is 0 Å². The first kappa shape index (κ1) is 11.1. The molecular weight excluding hydrogens is 194 g/mol. The molecule has 3 atom stereocenters. The van der Waals surface area contributed by atoms with E-state index in [1.165, 1.54) is 25.7 Å². The van der Waals surface area contributed by atoms with Gasteiger partial charge in [0, 0.05) is 0 Å². The Morgan fingerprint density at radius 2 is 1.81 bits per heavy atom. The molecule has 3 unspecified atom stereocenters. The van der Waals surface area contributed by atoms with Crippen LogP contribution in [0, 0.1) is 28.6 Å². The van der Waals surface area contributed by atoms with E-state index in [0.29, 0.717) is 5.41 Å². The molecule has 4 saturated carbocycles. The van der Waals surface area contributed by atoms with Crippen molar-refractivity contribution in [2.75, 3.05) is 6.54 Å². The van der Waals surface area contributed by atoms with E-state index in [1.54, 1.807) is 19.3 Å². The number of rotatable bonds is 3. The highest BCUT2D eigenvalue weighted by Gasteiger charge is 2.57. The molecule has 0 amide bonds. The summed E-state index contributed by atoms with van der Waals surface area (Å²) in [5.74, 6) is 2.86. The molecule has 16 heavy (non-hydrogen) atoms. The Morgan fingerprint density at radius 3 is 2.31 bits per heavy atom. The molecular formula is C15H27N. The number of hydrogen-bond acceptors (Lipinski definition) is 1. The zero-order chi connectivity index (χ0) is 11.4. The van der Waals surface area contributed by atoms with Crippen LogP contribution in [0.1, 0.15) is 58.8 Å². The third-order valence-corrected chi connectivity index (χ3v) is 6.38. The Bertz CT molecular complexity index is 269. The first-order valence-corrected chi connectivity index (χ1v) is 7.31. The van der Waals surface area contributed by atoms with Gasteiger partial charge in [-0.2, -0.15) is 0 Å². The Balaban J connectivity index is 1.92. The first-order chi connectivity index (χ1) is 7.61. The Hall–Kier alpha value is -0.0400. The fourth-order valence-electron chi connectivity index (χ4n) is 5.77. The fourth-order valence-corrected chi connectivity index (χ4v) is 5.77. The molecule has 0 saturated heterocycles. The molecule has 0 radical (unpaired) electrons. The van der Waals surface area contributed by atoms with Crippen molar-refractivity contribution in [2.24, 2.45) is 34.3 Å². The molecule has 0 aromatic heterocycles.